The first-order valence-corrected chi connectivity index (χ1v) is 6.55. The number of hydrogen-bond donors (Lipinski definition) is 1. The van der Waals surface area contributed by atoms with Gasteiger partial charge in [-0.25, -0.2) is 0 Å². The minimum absolute atomic E-state index is 0.0318. The van der Waals surface area contributed by atoms with Crippen molar-refractivity contribution < 1.29 is 9.90 Å². The van der Waals surface area contributed by atoms with Crippen LogP contribution >= 0.6 is 0 Å². The van der Waals surface area contributed by atoms with Gasteiger partial charge in [0.05, 0.1) is 0 Å². The lowest BCUT2D eigenvalue weighted by Gasteiger charge is -2.41. The fraction of sp³-hybridized carbons (Fsp3) is 0.667. The van der Waals surface area contributed by atoms with Gasteiger partial charge in [-0.15, -0.1) is 0 Å². The molecule has 2 nitrogen and oxygen atoms in total. The molecule has 0 aromatic heterocycles. The zero-order valence-electron chi connectivity index (χ0n) is 11.0. The molecular formula is C15H22O2. The number of carbonyl (C=O) groups excluding carboxylic acids is 1. The Morgan fingerprint density at radius 3 is 2.82 bits per heavy atom. The highest BCUT2D eigenvalue weighted by Gasteiger charge is 2.37. The predicted octanol–water partition coefficient (Wildman–Crippen LogP) is 3.02. The molecule has 2 aliphatic rings. The molecule has 0 fully saturated rings. The number of aliphatic hydroxyl groups excluding tert-OH is 1. The van der Waals surface area contributed by atoms with Crippen molar-refractivity contribution in [1.29, 1.82) is 0 Å². The third-order valence-corrected chi connectivity index (χ3v) is 4.61. The van der Waals surface area contributed by atoms with Gasteiger partial charge in [-0.2, -0.15) is 0 Å². The second-order valence-corrected chi connectivity index (χ2v) is 5.75. The Morgan fingerprint density at radius 2 is 2.12 bits per heavy atom. The Balaban J connectivity index is 2.46. The number of carbonyl (C=O) groups is 1. The standard InChI is InChI=1S/C15H22O2/c1-10-9-15(3)11(2)5-4-6-12(15)7-8-13(16)14(10)17/h6,9,11,14,17H,4-5,7-8H2,1-3H3/b10-9-/t11-,14-,15+/m0/s1. The van der Waals surface area contributed by atoms with Gasteiger partial charge in [0.2, 0.25) is 0 Å². The maximum absolute atomic E-state index is 11.7. The summed E-state index contributed by atoms with van der Waals surface area (Å²) in [6.45, 7) is 6.39. The summed E-state index contributed by atoms with van der Waals surface area (Å²) in [7, 11) is 0. The number of aliphatic hydroxyl groups is 1. The number of Topliss-reactive ketones (excluding diaryl/α,β-unsaturated/α-hetero) is 1. The first-order chi connectivity index (χ1) is 7.95. The van der Waals surface area contributed by atoms with Crippen molar-refractivity contribution in [2.24, 2.45) is 11.3 Å². The molecule has 2 heteroatoms. The fourth-order valence-electron chi connectivity index (χ4n) is 3.15. The fourth-order valence-corrected chi connectivity index (χ4v) is 3.15. The Kier molecular flexibility index (Phi) is 3.26. The van der Waals surface area contributed by atoms with E-state index in [1.807, 2.05) is 6.92 Å². The van der Waals surface area contributed by atoms with Gasteiger partial charge in [0.25, 0.3) is 0 Å². The summed E-state index contributed by atoms with van der Waals surface area (Å²) in [4.78, 5) is 11.7. The number of hydrogen-bond acceptors (Lipinski definition) is 2. The Morgan fingerprint density at radius 1 is 1.41 bits per heavy atom. The smallest absolute Gasteiger partial charge is 0.165 e. The number of allylic oxidation sites excluding steroid dienone is 3. The monoisotopic (exact) mass is 234 g/mol. The zero-order chi connectivity index (χ0) is 12.6. The van der Waals surface area contributed by atoms with Crippen LogP contribution in [0.1, 0.15) is 46.5 Å². The molecular weight excluding hydrogens is 212 g/mol. The number of fused-ring (bicyclic) bond motifs is 1. The molecule has 0 saturated heterocycles. The van der Waals surface area contributed by atoms with Crippen LogP contribution in [0, 0.1) is 11.3 Å². The maximum Gasteiger partial charge on any atom is 0.165 e. The number of ketones is 1. The molecule has 2 rings (SSSR count). The van der Waals surface area contributed by atoms with Gasteiger partial charge in [-0.05, 0) is 37.7 Å². The van der Waals surface area contributed by atoms with Crippen molar-refractivity contribution in [3.63, 3.8) is 0 Å². The lowest BCUT2D eigenvalue weighted by atomic mass is 9.64. The van der Waals surface area contributed by atoms with Gasteiger partial charge in [-0.3, -0.25) is 4.79 Å². The lowest BCUT2D eigenvalue weighted by molar-refractivity contribution is -0.125. The van der Waals surface area contributed by atoms with Crippen molar-refractivity contribution in [2.45, 2.75) is 52.6 Å². The largest absolute Gasteiger partial charge is 0.381 e. The summed E-state index contributed by atoms with van der Waals surface area (Å²) in [6.07, 6.45) is 7.13. The van der Waals surface area contributed by atoms with Crippen LogP contribution in [0.15, 0.2) is 23.3 Å². The van der Waals surface area contributed by atoms with Gasteiger partial charge in [0.15, 0.2) is 5.78 Å². The Hall–Kier alpha value is -0.890. The first kappa shape index (κ1) is 12.6. The molecule has 0 spiro atoms. The van der Waals surface area contributed by atoms with E-state index in [0.717, 1.165) is 18.4 Å². The molecule has 0 radical (unpaired) electrons. The van der Waals surface area contributed by atoms with Gasteiger partial charge in [0, 0.05) is 11.8 Å². The number of rotatable bonds is 0. The maximum atomic E-state index is 11.7. The molecule has 3 atom stereocenters. The summed E-state index contributed by atoms with van der Waals surface area (Å²) < 4.78 is 0. The van der Waals surface area contributed by atoms with Crippen LogP contribution in [-0.4, -0.2) is 17.0 Å². The van der Waals surface area contributed by atoms with E-state index in [2.05, 4.69) is 26.0 Å². The third-order valence-electron chi connectivity index (χ3n) is 4.61. The van der Waals surface area contributed by atoms with E-state index < -0.39 is 6.10 Å². The molecule has 1 N–H and O–H groups in total. The van der Waals surface area contributed by atoms with E-state index in [0.29, 0.717) is 12.3 Å². The molecule has 0 aliphatic heterocycles. The van der Waals surface area contributed by atoms with Crippen molar-refractivity contribution in [2.75, 3.05) is 0 Å². The highest BCUT2D eigenvalue weighted by Crippen LogP contribution is 2.46. The Labute approximate surface area is 103 Å². The highest BCUT2D eigenvalue weighted by atomic mass is 16.3. The quantitative estimate of drug-likeness (QED) is 0.654. The summed E-state index contributed by atoms with van der Waals surface area (Å²) in [6, 6.07) is 0. The summed E-state index contributed by atoms with van der Waals surface area (Å²) in [5.41, 5.74) is 2.23. The van der Waals surface area contributed by atoms with Crippen molar-refractivity contribution in [1.82, 2.24) is 0 Å². The molecule has 94 valence electrons. The molecule has 0 unspecified atom stereocenters. The molecule has 0 aromatic carbocycles. The van der Waals surface area contributed by atoms with Crippen LogP contribution in [0.4, 0.5) is 0 Å². The van der Waals surface area contributed by atoms with E-state index in [9.17, 15) is 9.90 Å². The summed E-state index contributed by atoms with van der Waals surface area (Å²) in [5.74, 6) is 0.540. The van der Waals surface area contributed by atoms with Gasteiger partial charge in [0.1, 0.15) is 6.10 Å². The molecule has 2 aliphatic carbocycles. The molecule has 0 amide bonds. The van der Waals surface area contributed by atoms with Crippen LogP contribution in [0.25, 0.3) is 0 Å². The van der Waals surface area contributed by atoms with Gasteiger partial charge in [-0.1, -0.05) is 31.6 Å². The second-order valence-electron chi connectivity index (χ2n) is 5.75. The van der Waals surface area contributed by atoms with E-state index >= 15 is 0 Å². The Bertz CT molecular complexity index is 392. The van der Waals surface area contributed by atoms with E-state index in [1.165, 1.54) is 12.0 Å². The van der Waals surface area contributed by atoms with Gasteiger partial charge < -0.3 is 5.11 Å². The topological polar surface area (TPSA) is 37.3 Å². The van der Waals surface area contributed by atoms with Crippen LogP contribution in [-0.2, 0) is 4.79 Å². The zero-order valence-corrected chi connectivity index (χ0v) is 11.0. The van der Waals surface area contributed by atoms with E-state index in [1.54, 1.807) is 0 Å². The van der Waals surface area contributed by atoms with Crippen LogP contribution < -0.4 is 0 Å². The predicted molar refractivity (Wildman–Crippen MR) is 68.6 cm³/mol. The molecule has 0 heterocycles. The molecule has 0 bridgehead atoms. The van der Waals surface area contributed by atoms with Gasteiger partial charge >= 0.3 is 0 Å². The van der Waals surface area contributed by atoms with E-state index in [4.69, 9.17) is 0 Å². The summed E-state index contributed by atoms with van der Waals surface area (Å²) >= 11 is 0. The molecule has 17 heavy (non-hydrogen) atoms. The molecule has 0 saturated carbocycles. The van der Waals surface area contributed by atoms with Crippen molar-refractivity contribution in [3.05, 3.63) is 23.3 Å². The minimum Gasteiger partial charge on any atom is -0.381 e. The average molecular weight is 234 g/mol. The molecule has 0 aromatic rings. The first-order valence-electron chi connectivity index (χ1n) is 6.55. The van der Waals surface area contributed by atoms with Crippen molar-refractivity contribution >= 4 is 5.78 Å². The second kappa shape index (κ2) is 4.41. The summed E-state index contributed by atoms with van der Waals surface area (Å²) in [5, 5.41) is 9.90. The van der Waals surface area contributed by atoms with E-state index in [-0.39, 0.29) is 11.2 Å². The van der Waals surface area contributed by atoms with Crippen LogP contribution in [0.2, 0.25) is 0 Å². The van der Waals surface area contributed by atoms with Crippen molar-refractivity contribution in [3.8, 4) is 0 Å². The minimum atomic E-state index is -0.887. The van der Waals surface area contributed by atoms with Crippen LogP contribution in [0.3, 0.4) is 0 Å². The average Bonchev–Trinajstić information content (AvgIpc) is 2.28. The highest BCUT2D eigenvalue weighted by molar-refractivity contribution is 5.86. The van der Waals surface area contributed by atoms with Crippen LogP contribution in [0.5, 0.6) is 0 Å². The lowest BCUT2D eigenvalue weighted by Crippen LogP contribution is -2.33. The SMILES string of the molecule is C/C1=C/[C@@]2(C)C(=CCC[C@@H]2C)CCC(=O)[C@H]1O. The normalized spacial score (nSPS) is 41.8. The third kappa shape index (κ3) is 2.11.